The van der Waals surface area contributed by atoms with Crippen LogP contribution in [0.25, 0.3) is 0 Å². The van der Waals surface area contributed by atoms with Gasteiger partial charge in [0.25, 0.3) is 5.91 Å². The molecule has 0 bridgehead atoms. The van der Waals surface area contributed by atoms with E-state index >= 15 is 0 Å². The summed E-state index contributed by atoms with van der Waals surface area (Å²) in [4.78, 5) is 29.1. The Morgan fingerprint density at radius 2 is 2.37 bits per heavy atom. The number of carbonyl (C=O) groups is 2. The minimum atomic E-state index is -0.210. The highest BCUT2D eigenvalue weighted by molar-refractivity contribution is 6.29. The molecule has 0 aliphatic carbocycles. The van der Waals surface area contributed by atoms with Crippen LogP contribution in [-0.2, 0) is 4.79 Å². The number of hydrogen-bond donors (Lipinski definition) is 2. The zero-order valence-electron chi connectivity index (χ0n) is 10.6. The number of aromatic nitrogens is 1. The van der Waals surface area contributed by atoms with E-state index in [9.17, 15) is 9.59 Å². The number of amides is 2. The fraction of sp³-hybridized carbons (Fsp3) is 0.417. The van der Waals surface area contributed by atoms with Crippen molar-refractivity contribution in [1.29, 1.82) is 0 Å². The van der Waals surface area contributed by atoms with Crippen LogP contribution < -0.4 is 10.6 Å². The van der Waals surface area contributed by atoms with Gasteiger partial charge < -0.3 is 15.5 Å². The summed E-state index contributed by atoms with van der Waals surface area (Å²) in [5.74, 6) is 0.199. The molecule has 19 heavy (non-hydrogen) atoms. The third kappa shape index (κ3) is 3.35. The molecule has 1 aromatic rings. The number of nitrogens with zero attached hydrogens (tertiary/aromatic N) is 2. The van der Waals surface area contributed by atoms with Gasteiger partial charge in [0.1, 0.15) is 11.0 Å². The highest BCUT2D eigenvalue weighted by Crippen LogP contribution is 2.16. The highest BCUT2D eigenvalue weighted by Gasteiger charge is 2.22. The summed E-state index contributed by atoms with van der Waals surface area (Å²) in [6, 6.07) is 3.15. The molecule has 7 heteroatoms. The van der Waals surface area contributed by atoms with Gasteiger partial charge in [-0.25, -0.2) is 4.98 Å². The third-order valence-corrected chi connectivity index (χ3v) is 2.92. The fourth-order valence-corrected chi connectivity index (χ4v) is 2.10. The van der Waals surface area contributed by atoms with E-state index in [2.05, 4.69) is 15.6 Å². The maximum atomic E-state index is 12.3. The monoisotopic (exact) mass is 282 g/mol. The molecule has 0 radical (unpaired) electrons. The lowest BCUT2D eigenvalue weighted by atomic mass is 10.2. The number of pyridine rings is 1. The largest absolute Gasteiger partial charge is 0.370 e. The summed E-state index contributed by atoms with van der Waals surface area (Å²) >= 11 is 5.90. The molecule has 1 aliphatic rings. The zero-order chi connectivity index (χ0) is 13.8. The smallest absolute Gasteiger partial charge is 0.254 e. The Morgan fingerprint density at radius 3 is 3.05 bits per heavy atom. The Bertz CT molecular complexity index is 507. The van der Waals surface area contributed by atoms with Crippen molar-refractivity contribution in [3.05, 3.63) is 22.8 Å². The topological polar surface area (TPSA) is 74.3 Å². The van der Waals surface area contributed by atoms with Crippen LogP contribution in [0, 0.1) is 0 Å². The lowest BCUT2D eigenvalue weighted by molar-refractivity contribution is -0.123. The molecule has 0 spiro atoms. The van der Waals surface area contributed by atoms with E-state index in [1.807, 2.05) is 6.92 Å². The standard InChI is InChI=1S/C12H15ClN4O2/c1-2-14-10-6-8(5-9(13)16-10)12(19)17-4-3-15-11(18)7-17/h5-6H,2-4,7H2,1H3,(H,14,16)(H,15,18). The molecule has 2 heterocycles. The van der Waals surface area contributed by atoms with E-state index in [1.165, 1.54) is 11.0 Å². The molecule has 0 atom stereocenters. The van der Waals surface area contributed by atoms with Crippen molar-refractivity contribution in [3.8, 4) is 0 Å². The van der Waals surface area contributed by atoms with Crippen molar-refractivity contribution in [2.45, 2.75) is 6.92 Å². The second kappa shape index (κ2) is 5.88. The molecule has 0 unspecified atom stereocenters. The minimum Gasteiger partial charge on any atom is -0.370 e. The molecule has 2 N–H and O–H groups in total. The SMILES string of the molecule is CCNc1cc(C(=O)N2CCNC(=O)C2)cc(Cl)n1. The van der Waals surface area contributed by atoms with Crippen LogP contribution in [0.3, 0.4) is 0 Å². The maximum absolute atomic E-state index is 12.3. The van der Waals surface area contributed by atoms with E-state index in [1.54, 1.807) is 6.07 Å². The summed E-state index contributed by atoms with van der Waals surface area (Å²) in [7, 11) is 0. The van der Waals surface area contributed by atoms with Crippen molar-refractivity contribution in [2.24, 2.45) is 0 Å². The van der Waals surface area contributed by atoms with Crippen LogP contribution in [0.5, 0.6) is 0 Å². The van der Waals surface area contributed by atoms with Gasteiger partial charge in [-0.15, -0.1) is 0 Å². The van der Waals surface area contributed by atoms with Crippen LogP contribution in [0.1, 0.15) is 17.3 Å². The summed E-state index contributed by atoms with van der Waals surface area (Å²) < 4.78 is 0. The number of carbonyl (C=O) groups excluding carboxylic acids is 2. The van der Waals surface area contributed by atoms with Gasteiger partial charge in [-0.1, -0.05) is 11.6 Å². The number of halogens is 1. The Hall–Kier alpha value is -1.82. The molecule has 1 saturated heterocycles. The summed E-state index contributed by atoms with van der Waals surface area (Å²) in [5.41, 5.74) is 0.436. The first kappa shape index (κ1) is 13.6. The van der Waals surface area contributed by atoms with Gasteiger partial charge in [0.15, 0.2) is 0 Å². The lowest BCUT2D eigenvalue weighted by Gasteiger charge is -2.26. The van der Waals surface area contributed by atoms with Crippen LogP contribution in [0.15, 0.2) is 12.1 Å². The van der Waals surface area contributed by atoms with E-state index in [-0.39, 0.29) is 23.5 Å². The molecule has 102 valence electrons. The summed E-state index contributed by atoms with van der Waals surface area (Å²) in [6.07, 6.45) is 0. The molecular formula is C12H15ClN4O2. The summed E-state index contributed by atoms with van der Waals surface area (Å²) in [6.45, 7) is 3.67. The first-order chi connectivity index (χ1) is 9.10. The molecule has 0 aromatic carbocycles. The summed E-state index contributed by atoms with van der Waals surface area (Å²) in [5, 5.41) is 5.94. The quantitative estimate of drug-likeness (QED) is 0.802. The average Bonchev–Trinajstić information content (AvgIpc) is 2.37. The lowest BCUT2D eigenvalue weighted by Crippen LogP contribution is -2.49. The van der Waals surface area contributed by atoms with Gasteiger partial charge in [-0.05, 0) is 19.1 Å². The molecule has 1 aromatic heterocycles. The van der Waals surface area contributed by atoms with Gasteiger partial charge in [-0.2, -0.15) is 0 Å². The maximum Gasteiger partial charge on any atom is 0.254 e. The van der Waals surface area contributed by atoms with Crippen LogP contribution in [-0.4, -0.2) is 47.9 Å². The predicted molar refractivity (Wildman–Crippen MR) is 72.3 cm³/mol. The molecule has 0 saturated carbocycles. The highest BCUT2D eigenvalue weighted by atomic mass is 35.5. The van der Waals surface area contributed by atoms with Crippen molar-refractivity contribution in [1.82, 2.24) is 15.2 Å². The number of hydrogen-bond acceptors (Lipinski definition) is 4. The van der Waals surface area contributed by atoms with Crippen LogP contribution >= 0.6 is 11.6 Å². The van der Waals surface area contributed by atoms with Crippen molar-refractivity contribution >= 4 is 29.2 Å². The third-order valence-electron chi connectivity index (χ3n) is 2.72. The van der Waals surface area contributed by atoms with Gasteiger partial charge in [0.2, 0.25) is 5.91 Å². The Morgan fingerprint density at radius 1 is 1.58 bits per heavy atom. The van der Waals surface area contributed by atoms with E-state index in [4.69, 9.17) is 11.6 Å². The zero-order valence-corrected chi connectivity index (χ0v) is 11.3. The molecular weight excluding hydrogens is 268 g/mol. The van der Waals surface area contributed by atoms with E-state index < -0.39 is 0 Å². The molecule has 1 aliphatic heterocycles. The Balaban J connectivity index is 2.20. The Labute approximate surface area is 116 Å². The number of nitrogens with one attached hydrogen (secondary N) is 2. The number of anilines is 1. The van der Waals surface area contributed by atoms with Gasteiger partial charge in [-0.3, -0.25) is 9.59 Å². The average molecular weight is 283 g/mol. The second-order valence-corrected chi connectivity index (χ2v) is 4.56. The van der Waals surface area contributed by atoms with Crippen LogP contribution in [0.2, 0.25) is 5.15 Å². The number of rotatable bonds is 3. The van der Waals surface area contributed by atoms with Crippen molar-refractivity contribution < 1.29 is 9.59 Å². The first-order valence-electron chi connectivity index (χ1n) is 6.07. The van der Waals surface area contributed by atoms with Crippen molar-refractivity contribution in [3.63, 3.8) is 0 Å². The minimum absolute atomic E-state index is 0.0787. The molecule has 1 fully saturated rings. The normalized spacial score (nSPS) is 15.1. The first-order valence-corrected chi connectivity index (χ1v) is 6.45. The molecule has 2 amide bonds. The fourth-order valence-electron chi connectivity index (χ4n) is 1.89. The molecule has 6 nitrogen and oxygen atoms in total. The van der Waals surface area contributed by atoms with Gasteiger partial charge in [0, 0.05) is 25.2 Å². The van der Waals surface area contributed by atoms with E-state index in [0.29, 0.717) is 31.0 Å². The molecule has 2 rings (SSSR count). The van der Waals surface area contributed by atoms with Gasteiger partial charge in [0.05, 0.1) is 6.54 Å². The second-order valence-electron chi connectivity index (χ2n) is 4.17. The van der Waals surface area contributed by atoms with Gasteiger partial charge >= 0.3 is 0 Å². The van der Waals surface area contributed by atoms with Crippen molar-refractivity contribution in [2.75, 3.05) is 31.5 Å². The van der Waals surface area contributed by atoms with E-state index in [0.717, 1.165) is 0 Å². The Kier molecular flexibility index (Phi) is 4.21. The number of piperazine rings is 1. The predicted octanol–water partition coefficient (Wildman–Crippen LogP) is 0.739. The van der Waals surface area contributed by atoms with Crippen LogP contribution in [0.4, 0.5) is 5.82 Å².